The molecule has 1 amide bonds. The van der Waals surface area contributed by atoms with Crippen molar-refractivity contribution in [1.82, 2.24) is 8.87 Å². The molecule has 0 fully saturated rings. The normalized spacial score (nSPS) is 19.9. The maximum atomic E-state index is 13.5. The molecule has 28 heavy (non-hydrogen) atoms. The molecule has 0 saturated heterocycles. The standard InChI is InChI=1S/C20H18Br2N2O3S/c1-13-7-9-14(10-8-13)28(26,27)24-19(25)18-17(22)15-5-3-4-6-16(15)23(18)12-20(24,2)11-21/h3-10H,11-12H2,1-2H3/t20-/m1/s1. The molecule has 5 nitrogen and oxygen atoms in total. The first-order valence-electron chi connectivity index (χ1n) is 8.70. The number of rotatable bonds is 3. The SMILES string of the molecule is Cc1ccc(S(=O)(=O)N2C(=O)c3c(Br)c4ccccc4n3C[C@@]2(C)CBr)cc1. The van der Waals surface area contributed by atoms with E-state index in [9.17, 15) is 13.2 Å². The highest BCUT2D eigenvalue weighted by Gasteiger charge is 2.49. The molecule has 4 rings (SSSR count). The van der Waals surface area contributed by atoms with Crippen LogP contribution < -0.4 is 0 Å². The molecule has 1 atom stereocenters. The summed E-state index contributed by atoms with van der Waals surface area (Å²) in [6.45, 7) is 4.04. The number of sulfonamides is 1. The number of carbonyl (C=O) groups excluding carboxylic acids is 1. The molecule has 0 saturated carbocycles. The second kappa shape index (κ2) is 6.71. The first-order chi connectivity index (χ1) is 13.2. The largest absolute Gasteiger partial charge is 0.333 e. The van der Waals surface area contributed by atoms with Crippen LogP contribution in [-0.4, -0.2) is 34.1 Å². The van der Waals surface area contributed by atoms with E-state index >= 15 is 0 Å². The highest BCUT2D eigenvalue weighted by atomic mass is 79.9. The van der Waals surface area contributed by atoms with Crippen LogP contribution in [0.2, 0.25) is 0 Å². The molecule has 0 bridgehead atoms. The highest BCUT2D eigenvalue weighted by Crippen LogP contribution is 2.41. The van der Waals surface area contributed by atoms with Gasteiger partial charge in [-0.25, -0.2) is 12.7 Å². The predicted molar refractivity (Wildman–Crippen MR) is 116 cm³/mol. The van der Waals surface area contributed by atoms with Gasteiger partial charge in [0, 0.05) is 22.8 Å². The minimum atomic E-state index is -4.02. The van der Waals surface area contributed by atoms with Gasteiger partial charge >= 0.3 is 0 Å². The lowest BCUT2D eigenvalue weighted by atomic mass is 10.0. The van der Waals surface area contributed by atoms with Gasteiger partial charge in [0.05, 0.1) is 14.9 Å². The van der Waals surface area contributed by atoms with Crippen LogP contribution >= 0.6 is 31.9 Å². The molecule has 0 spiro atoms. The lowest BCUT2D eigenvalue weighted by Gasteiger charge is -2.43. The first-order valence-corrected chi connectivity index (χ1v) is 12.1. The van der Waals surface area contributed by atoms with E-state index in [1.54, 1.807) is 31.2 Å². The lowest BCUT2D eigenvalue weighted by Crippen LogP contribution is -2.59. The number of fused-ring (bicyclic) bond motifs is 3. The fourth-order valence-corrected chi connectivity index (χ4v) is 6.70. The molecule has 3 aromatic rings. The van der Waals surface area contributed by atoms with Gasteiger partial charge in [0.15, 0.2) is 0 Å². The summed E-state index contributed by atoms with van der Waals surface area (Å²) in [5, 5.41) is 1.21. The van der Waals surface area contributed by atoms with Crippen molar-refractivity contribution in [3.05, 3.63) is 64.3 Å². The molecule has 8 heteroatoms. The van der Waals surface area contributed by atoms with Crippen LogP contribution in [0.25, 0.3) is 10.9 Å². The van der Waals surface area contributed by atoms with Gasteiger partial charge in [-0.2, -0.15) is 0 Å². The summed E-state index contributed by atoms with van der Waals surface area (Å²) in [7, 11) is -4.02. The van der Waals surface area contributed by atoms with Crippen LogP contribution in [0.5, 0.6) is 0 Å². The fourth-order valence-electron chi connectivity index (χ4n) is 3.69. The van der Waals surface area contributed by atoms with E-state index in [0.29, 0.717) is 22.0 Å². The van der Waals surface area contributed by atoms with Crippen molar-refractivity contribution in [2.45, 2.75) is 30.8 Å². The number of amides is 1. The molecule has 146 valence electrons. The number of aromatic nitrogens is 1. The molecular weight excluding hydrogens is 508 g/mol. The Bertz CT molecular complexity index is 1200. The van der Waals surface area contributed by atoms with Crippen molar-refractivity contribution in [3.63, 3.8) is 0 Å². The van der Waals surface area contributed by atoms with Crippen molar-refractivity contribution in [1.29, 1.82) is 0 Å². The van der Waals surface area contributed by atoms with Crippen LogP contribution in [0.3, 0.4) is 0 Å². The lowest BCUT2D eigenvalue weighted by molar-refractivity contribution is 0.0678. The van der Waals surface area contributed by atoms with Crippen molar-refractivity contribution >= 4 is 58.7 Å². The van der Waals surface area contributed by atoms with Crippen molar-refractivity contribution in [2.24, 2.45) is 0 Å². The van der Waals surface area contributed by atoms with Crippen LogP contribution in [0.1, 0.15) is 23.0 Å². The van der Waals surface area contributed by atoms with E-state index < -0.39 is 21.5 Å². The first kappa shape index (κ1) is 19.7. The summed E-state index contributed by atoms with van der Waals surface area (Å²) in [6.07, 6.45) is 0. The Morgan fingerprint density at radius 3 is 2.39 bits per heavy atom. The third-order valence-corrected chi connectivity index (χ3v) is 9.10. The van der Waals surface area contributed by atoms with Gasteiger partial charge in [0.1, 0.15) is 5.69 Å². The predicted octanol–water partition coefficient (Wildman–Crippen LogP) is 4.71. The minimum Gasteiger partial charge on any atom is -0.333 e. The van der Waals surface area contributed by atoms with Gasteiger partial charge in [-0.05, 0) is 48.0 Å². The number of carbonyl (C=O) groups is 1. The number of aryl methyl sites for hydroxylation is 1. The summed E-state index contributed by atoms with van der Waals surface area (Å²) < 4.78 is 30.5. The summed E-state index contributed by atoms with van der Waals surface area (Å²) >= 11 is 6.97. The van der Waals surface area contributed by atoms with Gasteiger partial charge < -0.3 is 4.57 Å². The molecule has 1 aromatic heterocycles. The second-order valence-electron chi connectivity index (χ2n) is 7.28. The molecule has 0 radical (unpaired) electrons. The number of para-hydroxylation sites is 1. The zero-order chi connectivity index (χ0) is 20.3. The Morgan fingerprint density at radius 1 is 1.11 bits per heavy atom. The molecule has 1 aliphatic heterocycles. The summed E-state index contributed by atoms with van der Waals surface area (Å²) in [5.41, 5.74) is 1.26. The van der Waals surface area contributed by atoms with Crippen LogP contribution in [0, 0.1) is 6.92 Å². The number of nitrogens with zero attached hydrogens (tertiary/aromatic N) is 2. The van der Waals surface area contributed by atoms with Crippen molar-refractivity contribution in [3.8, 4) is 0 Å². The van der Waals surface area contributed by atoms with Crippen LogP contribution in [0.15, 0.2) is 57.9 Å². The van der Waals surface area contributed by atoms with E-state index in [1.807, 2.05) is 35.8 Å². The van der Waals surface area contributed by atoms with Crippen LogP contribution in [0.4, 0.5) is 0 Å². The topological polar surface area (TPSA) is 59.4 Å². The zero-order valence-corrected chi connectivity index (χ0v) is 19.3. The van der Waals surface area contributed by atoms with Crippen molar-refractivity contribution < 1.29 is 13.2 Å². The maximum Gasteiger partial charge on any atom is 0.286 e. The Hall–Kier alpha value is -1.64. The van der Waals surface area contributed by atoms with Crippen molar-refractivity contribution in [2.75, 3.05) is 5.33 Å². The van der Waals surface area contributed by atoms with Gasteiger partial charge in [0.25, 0.3) is 15.9 Å². The number of alkyl halides is 1. The molecule has 2 aromatic carbocycles. The number of hydrogen-bond acceptors (Lipinski definition) is 3. The highest BCUT2D eigenvalue weighted by molar-refractivity contribution is 9.10. The van der Waals surface area contributed by atoms with E-state index in [4.69, 9.17) is 0 Å². The monoisotopic (exact) mass is 524 g/mol. The summed E-state index contributed by atoms with van der Waals surface area (Å²) in [6, 6.07) is 14.2. The fraction of sp³-hybridized carbons (Fsp3) is 0.250. The molecular formula is C20H18Br2N2O3S. The third kappa shape index (κ3) is 2.76. The number of benzene rings is 2. The van der Waals surface area contributed by atoms with E-state index in [-0.39, 0.29) is 4.90 Å². The van der Waals surface area contributed by atoms with E-state index in [1.165, 1.54) is 0 Å². The Balaban J connectivity index is 1.96. The zero-order valence-electron chi connectivity index (χ0n) is 15.3. The Kier molecular flexibility index (Phi) is 4.71. The third-order valence-electron chi connectivity index (χ3n) is 5.13. The second-order valence-corrected chi connectivity index (χ2v) is 10.4. The van der Waals surface area contributed by atoms with E-state index in [0.717, 1.165) is 20.8 Å². The molecule has 0 aliphatic carbocycles. The maximum absolute atomic E-state index is 13.5. The number of hydrogen-bond donors (Lipinski definition) is 0. The molecule has 2 heterocycles. The quantitative estimate of drug-likeness (QED) is 0.465. The molecule has 1 aliphatic rings. The van der Waals surface area contributed by atoms with Gasteiger partial charge in [-0.15, -0.1) is 0 Å². The van der Waals surface area contributed by atoms with Gasteiger partial charge in [-0.3, -0.25) is 4.79 Å². The molecule has 0 N–H and O–H groups in total. The van der Waals surface area contributed by atoms with Crippen LogP contribution in [-0.2, 0) is 16.6 Å². The smallest absolute Gasteiger partial charge is 0.286 e. The van der Waals surface area contributed by atoms with E-state index in [2.05, 4.69) is 31.9 Å². The average Bonchev–Trinajstić information content (AvgIpc) is 2.94. The van der Waals surface area contributed by atoms with Gasteiger partial charge in [-0.1, -0.05) is 51.8 Å². The summed E-state index contributed by atoms with van der Waals surface area (Å²) in [4.78, 5) is 13.7. The summed E-state index contributed by atoms with van der Waals surface area (Å²) in [5.74, 6) is -0.531. The Morgan fingerprint density at radius 2 is 1.75 bits per heavy atom. The minimum absolute atomic E-state index is 0.110. The molecule has 0 unspecified atom stereocenters. The average molecular weight is 526 g/mol. The Labute approximate surface area is 180 Å². The van der Waals surface area contributed by atoms with Gasteiger partial charge in [0.2, 0.25) is 0 Å². The number of halogens is 2.